The standard InChI is InChI=1S/C8H7F3N4/c1-2-5-3-4-15-6(8(9,10)11)13-14-7(15)12-5/h3-4H,2H2,1H3. The Balaban J connectivity index is 2.62. The average Bonchev–Trinajstić information content (AvgIpc) is 2.59. The molecular weight excluding hydrogens is 209 g/mol. The van der Waals surface area contributed by atoms with E-state index in [1.807, 2.05) is 6.92 Å². The van der Waals surface area contributed by atoms with Crippen molar-refractivity contribution in [3.8, 4) is 0 Å². The van der Waals surface area contributed by atoms with Crippen molar-refractivity contribution in [2.45, 2.75) is 19.5 Å². The summed E-state index contributed by atoms with van der Waals surface area (Å²) in [6.45, 7) is 1.86. The first-order chi connectivity index (χ1) is 7.02. The number of hydrogen-bond acceptors (Lipinski definition) is 3. The molecular formula is C8H7F3N4. The Bertz CT molecular complexity index is 488. The van der Waals surface area contributed by atoms with Crippen LogP contribution in [0.4, 0.5) is 13.2 Å². The first kappa shape index (κ1) is 9.88. The second-order valence-electron chi connectivity index (χ2n) is 2.96. The van der Waals surface area contributed by atoms with E-state index < -0.39 is 12.0 Å². The highest BCUT2D eigenvalue weighted by Gasteiger charge is 2.37. The fourth-order valence-electron chi connectivity index (χ4n) is 1.21. The third-order valence-corrected chi connectivity index (χ3v) is 1.95. The quantitative estimate of drug-likeness (QED) is 0.728. The van der Waals surface area contributed by atoms with Gasteiger partial charge in [0.1, 0.15) is 0 Å². The third kappa shape index (κ3) is 1.64. The van der Waals surface area contributed by atoms with Crippen LogP contribution in [0.15, 0.2) is 12.3 Å². The number of hydrogen-bond donors (Lipinski definition) is 0. The highest BCUT2D eigenvalue weighted by Crippen LogP contribution is 2.27. The van der Waals surface area contributed by atoms with E-state index in [0.717, 1.165) is 4.40 Å². The molecule has 0 unspecified atom stereocenters. The first-order valence-corrected chi connectivity index (χ1v) is 4.30. The molecule has 0 fully saturated rings. The molecule has 0 aromatic carbocycles. The van der Waals surface area contributed by atoms with Gasteiger partial charge in [-0.25, -0.2) is 4.98 Å². The van der Waals surface area contributed by atoms with Gasteiger partial charge in [-0.2, -0.15) is 13.2 Å². The molecule has 15 heavy (non-hydrogen) atoms. The van der Waals surface area contributed by atoms with Crippen molar-refractivity contribution in [1.29, 1.82) is 0 Å². The van der Waals surface area contributed by atoms with Crippen LogP contribution in [0.3, 0.4) is 0 Å². The predicted molar refractivity (Wildman–Crippen MR) is 45.2 cm³/mol. The number of nitrogens with zero attached hydrogens (tertiary/aromatic N) is 4. The van der Waals surface area contributed by atoms with Gasteiger partial charge in [0.15, 0.2) is 0 Å². The summed E-state index contributed by atoms with van der Waals surface area (Å²) < 4.78 is 38.0. The predicted octanol–water partition coefficient (Wildman–Crippen LogP) is 1.71. The van der Waals surface area contributed by atoms with Crippen LogP contribution in [0.25, 0.3) is 5.78 Å². The molecule has 2 rings (SSSR count). The molecule has 0 amide bonds. The zero-order chi connectivity index (χ0) is 11.1. The summed E-state index contributed by atoms with van der Waals surface area (Å²) in [5.41, 5.74) is 0.684. The molecule has 0 aliphatic heterocycles. The monoisotopic (exact) mass is 216 g/mol. The summed E-state index contributed by atoms with van der Waals surface area (Å²) in [5, 5.41) is 6.44. The van der Waals surface area contributed by atoms with Crippen molar-refractivity contribution in [3.63, 3.8) is 0 Å². The Morgan fingerprint density at radius 3 is 2.67 bits per heavy atom. The van der Waals surface area contributed by atoms with Crippen molar-refractivity contribution >= 4 is 5.78 Å². The SMILES string of the molecule is CCc1ccn2c(C(F)(F)F)nnc2n1. The summed E-state index contributed by atoms with van der Waals surface area (Å²) in [7, 11) is 0. The van der Waals surface area contributed by atoms with Crippen molar-refractivity contribution < 1.29 is 13.2 Å². The van der Waals surface area contributed by atoms with Crippen LogP contribution in [-0.4, -0.2) is 19.6 Å². The van der Waals surface area contributed by atoms with Crippen LogP contribution in [0.2, 0.25) is 0 Å². The zero-order valence-corrected chi connectivity index (χ0v) is 7.78. The normalized spacial score (nSPS) is 12.3. The van der Waals surface area contributed by atoms with Crippen LogP contribution < -0.4 is 0 Å². The minimum Gasteiger partial charge on any atom is -0.263 e. The second kappa shape index (κ2) is 3.18. The summed E-state index contributed by atoms with van der Waals surface area (Å²) >= 11 is 0. The van der Waals surface area contributed by atoms with Gasteiger partial charge in [0.25, 0.3) is 5.78 Å². The van der Waals surface area contributed by atoms with E-state index in [1.165, 1.54) is 12.3 Å². The summed E-state index contributed by atoms with van der Waals surface area (Å²) in [4.78, 5) is 3.92. The molecule has 4 nitrogen and oxygen atoms in total. The number of alkyl halides is 3. The molecule has 0 aliphatic rings. The Labute approximate surface area is 82.8 Å². The lowest BCUT2D eigenvalue weighted by atomic mass is 10.3. The van der Waals surface area contributed by atoms with Crippen molar-refractivity contribution in [2.24, 2.45) is 0 Å². The van der Waals surface area contributed by atoms with Gasteiger partial charge in [0.05, 0.1) is 0 Å². The van der Waals surface area contributed by atoms with Gasteiger partial charge in [0, 0.05) is 11.9 Å². The van der Waals surface area contributed by atoms with Gasteiger partial charge < -0.3 is 0 Å². The van der Waals surface area contributed by atoms with Gasteiger partial charge in [-0.05, 0) is 12.5 Å². The van der Waals surface area contributed by atoms with E-state index in [2.05, 4.69) is 15.2 Å². The lowest BCUT2D eigenvalue weighted by Crippen LogP contribution is -2.11. The van der Waals surface area contributed by atoms with Gasteiger partial charge in [-0.1, -0.05) is 6.92 Å². The highest BCUT2D eigenvalue weighted by atomic mass is 19.4. The average molecular weight is 216 g/mol. The highest BCUT2D eigenvalue weighted by molar-refractivity contribution is 5.29. The number of aromatic nitrogens is 4. The van der Waals surface area contributed by atoms with Gasteiger partial charge in [-0.3, -0.25) is 4.40 Å². The molecule has 0 spiro atoms. The second-order valence-corrected chi connectivity index (χ2v) is 2.96. The first-order valence-electron chi connectivity index (χ1n) is 4.30. The number of halogens is 3. The Morgan fingerprint density at radius 1 is 1.33 bits per heavy atom. The Morgan fingerprint density at radius 2 is 2.07 bits per heavy atom. The minimum absolute atomic E-state index is 0.0262. The summed E-state index contributed by atoms with van der Waals surface area (Å²) in [5.74, 6) is -1.07. The lowest BCUT2D eigenvalue weighted by Gasteiger charge is -2.03. The maximum absolute atomic E-state index is 12.4. The van der Waals surface area contributed by atoms with E-state index >= 15 is 0 Å². The maximum atomic E-state index is 12.4. The molecule has 80 valence electrons. The maximum Gasteiger partial charge on any atom is 0.452 e. The zero-order valence-electron chi connectivity index (χ0n) is 7.78. The van der Waals surface area contributed by atoms with Crippen LogP contribution in [0.1, 0.15) is 18.4 Å². The van der Waals surface area contributed by atoms with Gasteiger partial charge >= 0.3 is 6.18 Å². The molecule has 0 saturated carbocycles. The molecule has 0 N–H and O–H groups in total. The van der Waals surface area contributed by atoms with Gasteiger partial charge in [0.2, 0.25) is 5.82 Å². The molecule has 7 heteroatoms. The minimum atomic E-state index is -4.51. The number of fused-ring (bicyclic) bond motifs is 1. The molecule has 2 aromatic rings. The largest absolute Gasteiger partial charge is 0.452 e. The van der Waals surface area contributed by atoms with E-state index in [4.69, 9.17) is 0 Å². The van der Waals surface area contributed by atoms with Crippen molar-refractivity contribution in [3.05, 3.63) is 23.8 Å². The van der Waals surface area contributed by atoms with Crippen molar-refractivity contribution in [2.75, 3.05) is 0 Å². The summed E-state index contributed by atoms with van der Waals surface area (Å²) in [6.07, 6.45) is -2.58. The molecule has 0 aliphatic carbocycles. The number of aryl methyl sites for hydroxylation is 1. The Kier molecular flexibility index (Phi) is 2.09. The van der Waals surface area contributed by atoms with E-state index in [9.17, 15) is 13.2 Å². The molecule has 0 atom stereocenters. The molecule has 0 radical (unpaired) electrons. The van der Waals surface area contributed by atoms with E-state index in [-0.39, 0.29) is 5.78 Å². The molecule has 2 aromatic heterocycles. The van der Waals surface area contributed by atoms with Crippen LogP contribution >= 0.6 is 0 Å². The molecule has 0 bridgehead atoms. The van der Waals surface area contributed by atoms with Gasteiger partial charge in [-0.15, -0.1) is 10.2 Å². The van der Waals surface area contributed by atoms with E-state index in [1.54, 1.807) is 0 Å². The fraction of sp³-hybridized carbons (Fsp3) is 0.375. The topological polar surface area (TPSA) is 43.1 Å². The van der Waals surface area contributed by atoms with Crippen LogP contribution in [0, 0.1) is 0 Å². The third-order valence-electron chi connectivity index (χ3n) is 1.95. The smallest absolute Gasteiger partial charge is 0.263 e. The van der Waals surface area contributed by atoms with Crippen LogP contribution in [0.5, 0.6) is 0 Å². The summed E-state index contributed by atoms with van der Waals surface area (Å²) in [6, 6.07) is 1.52. The van der Waals surface area contributed by atoms with Crippen molar-refractivity contribution in [1.82, 2.24) is 19.6 Å². The number of rotatable bonds is 1. The van der Waals surface area contributed by atoms with Crippen LogP contribution in [-0.2, 0) is 12.6 Å². The fourth-order valence-corrected chi connectivity index (χ4v) is 1.21. The lowest BCUT2D eigenvalue weighted by molar-refractivity contribution is -0.145. The Hall–Kier alpha value is -1.66. The van der Waals surface area contributed by atoms with E-state index in [0.29, 0.717) is 12.1 Å². The molecule has 2 heterocycles. The molecule has 0 saturated heterocycles.